The third-order valence-corrected chi connectivity index (χ3v) is 3.73. The standard InChI is InChI=1S/C18H20ClN3O/c1-3-17(21-16-10-8-15(19)9-11-16)18(23)22-20-12-14-7-5-4-6-13(14)2/h4-12,17,21H,3H2,1-2H3,(H,22,23). The first kappa shape index (κ1) is 17.0. The molecule has 0 aliphatic rings. The van der Waals surface area contributed by atoms with Gasteiger partial charge in [0.1, 0.15) is 6.04 Å². The average Bonchev–Trinajstić information content (AvgIpc) is 2.56. The van der Waals surface area contributed by atoms with E-state index in [2.05, 4.69) is 15.8 Å². The van der Waals surface area contributed by atoms with Crippen LogP contribution in [0.3, 0.4) is 0 Å². The molecule has 2 rings (SSSR count). The SMILES string of the molecule is CCC(Nc1ccc(Cl)cc1)C(=O)NN=Cc1ccccc1C. The van der Waals surface area contributed by atoms with Crippen molar-refractivity contribution in [2.24, 2.45) is 5.10 Å². The van der Waals surface area contributed by atoms with E-state index >= 15 is 0 Å². The number of amides is 1. The molecule has 0 fully saturated rings. The number of carbonyl (C=O) groups excluding carboxylic acids is 1. The quantitative estimate of drug-likeness (QED) is 0.622. The lowest BCUT2D eigenvalue weighted by Gasteiger charge is -2.16. The van der Waals surface area contributed by atoms with E-state index in [1.165, 1.54) is 0 Å². The smallest absolute Gasteiger partial charge is 0.262 e. The summed E-state index contributed by atoms with van der Waals surface area (Å²) in [4.78, 5) is 12.2. The lowest BCUT2D eigenvalue weighted by molar-refractivity contribution is -0.121. The molecule has 0 saturated carbocycles. The molecule has 1 amide bonds. The maximum absolute atomic E-state index is 12.2. The number of benzene rings is 2. The zero-order valence-corrected chi connectivity index (χ0v) is 14.0. The van der Waals surface area contributed by atoms with Crippen molar-refractivity contribution in [3.8, 4) is 0 Å². The van der Waals surface area contributed by atoms with Crippen molar-refractivity contribution in [3.63, 3.8) is 0 Å². The van der Waals surface area contributed by atoms with Crippen LogP contribution in [0.5, 0.6) is 0 Å². The lowest BCUT2D eigenvalue weighted by atomic mass is 10.1. The van der Waals surface area contributed by atoms with Gasteiger partial charge in [-0.05, 0) is 48.7 Å². The minimum Gasteiger partial charge on any atom is -0.374 e. The van der Waals surface area contributed by atoms with E-state index in [4.69, 9.17) is 11.6 Å². The Morgan fingerprint density at radius 2 is 1.91 bits per heavy atom. The molecule has 1 unspecified atom stereocenters. The fourth-order valence-corrected chi connectivity index (χ4v) is 2.20. The summed E-state index contributed by atoms with van der Waals surface area (Å²) in [5.41, 5.74) is 5.52. The van der Waals surface area contributed by atoms with Crippen LogP contribution in [-0.2, 0) is 4.79 Å². The minimum atomic E-state index is -0.356. The number of carbonyl (C=O) groups is 1. The fourth-order valence-electron chi connectivity index (χ4n) is 2.08. The topological polar surface area (TPSA) is 53.5 Å². The number of aryl methyl sites for hydroxylation is 1. The highest BCUT2D eigenvalue weighted by Gasteiger charge is 2.15. The summed E-state index contributed by atoms with van der Waals surface area (Å²) in [6, 6.07) is 14.8. The molecule has 0 heterocycles. The minimum absolute atomic E-state index is 0.174. The number of hydrogen-bond donors (Lipinski definition) is 2. The largest absolute Gasteiger partial charge is 0.374 e. The summed E-state index contributed by atoms with van der Waals surface area (Å²) >= 11 is 5.86. The molecule has 1 atom stereocenters. The van der Waals surface area contributed by atoms with Crippen molar-refractivity contribution in [2.45, 2.75) is 26.3 Å². The molecule has 0 aliphatic carbocycles. The highest BCUT2D eigenvalue weighted by atomic mass is 35.5. The predicted octanol–water partition coefficient (Wildman–Crippen LogP) is 3.99. The summed E-state index contributed by atoms with van der Waals surface area (Å²) in [6.45, 7) is 3.94. The van der Waals surface area contributed by atoms with Crippen LogP contribution >= 0.6 is 11.6 Å². The molecule has 0 bridgehead atoms. The van der Waals surface area contributed by atoms with Crippen LogP contribution in [0, 0.1) is 6.92 Å². The third-order valence-electron chi connectivity index (χ3n) is 3.48. The van der Waals surface area contributed by atoms with Crippen LogP contribution in [0.2, 0.25) is 5.02 Å². The maximum atomic E-state index is 12.2. The van der Waals surface area contributed by atoms with Gasteiger partial charge < -0.3 is 5.32 Å². The summed E-state index contributed by atoms with van der Waals surface area (Å²) in [5, 5.41) is 7.88. The van der Waals surface area contributed by atoms with E-state index in [9.17, 15) is 4.79 Å². The van der Waals surface area contributed by atoms with E-state index in [0.717, 1.165) is 16.8 Å². The van der Waals surface area contributed by atoms with Gasteiger partial charge in [-0.3, -0.25) is 4.79 Å². The lowest BCUT2D eigenvalue weighted by Crippen LogP contribution is -2.36. The van der Waals surface area contributed by atoms with E-state index in [1.807, 2.05) is 50.2 Å². The van der Waals surface area contributed by atoms with E-state index < -0.39 is 0 Å². The first-order valence-corrected chi connectivity index (χ1v) is 7.88. The van der Waals surface area contributed by atoms with Gasteiger partial charge in [0.05, 0.1) is 6.21 Å². The van der Waals surface area contributed by atoms with Gasteiger partial charge in [0, 0.05) is 10.7 Å². The van der Waals surface area contributed by atoms with Crippen LogP contribution in [0.15, 0.2) is 53.6 Å². The van der Waals surface area contributed by atoms with Gasteiger partial charge in [0.25, 0.3) is 5.91 Å². The monoisotopic (exact) mass is 329 g/mol. The maximum Gasteiger partial charge on any atom is 0.262 e. The van der Waals surface area contributed by atoms with Crippen molar-refractivity contribution in [1.29, 1.82) is 0 Å². The Kier molecular flexibility index (Phi) is 6.18. The highest BCUT2D eigenvalue weighted by Crippen LogP contribution is 2.15. The molecule has 0 aliphatic heterocycles. The zero-order chi connectivity index (χ0) is 16.7. The second kappa shape index (κ2) is 8.34. The Labute approximate surface area is 141 Å². The number of rotatable bonds is 6. The molecule has 0 spiro atoms. The Morgan fingerprint density at radius 1 is 1.22 bits per heavy atom. The van der Waals surface area contributed by atoms with Crippen molar-refractivity contribution in [2.75, 3.05) is 5.32 Å². The molecule has 2 N–H and O–H groups in total. The van der Waals surface area contributed by atoms with Gasteiger partial charge in [-0.25, -0.2) is 5.43 Å². The summed E-state index contributed by atoms with van der Waals surface area (Å²) in [5.74, 6) is -0.174. The Morgan fingerprint density at radius 3 is 2.57 bits per heavy atom. The molecule has 2 aromatic carbocycles. The number of hydrazone groups is 1. The molecule has 5 heteroatoms. The van der Waals surface area contributed by atoms with Crippen molar-refractivity contribution in [1.82, 2.24) is 5.43 Å². The third kappa shape index (κ3) is 5.11. The summed E-state index contributed by atoms with van der Waals surface area (Å²) < 4.78 is 0. The summed E-state index contributed by atoms with van der Waals surface area (Å²) in [6.07, 6.45) is 2.30. The first-order valence-electron chi connectivity index (χ1n) is 7.51. The molecule has 120 valence electrons. The van der Waals surface area contributed by atoms with Gasteiger partial charge in [-0.1, -0.05) is 42.8 Å². The molecule has 0 radical (unpaired) electrons. The molecule has 4 nitrogen and oxygen atoms in total. The number of hydrogen-bond acceptors (Lipinski definition) is 3. The molecule has 2 aromatic rings. The first-order chi connectivity index (χ1) is 11.1. The average molecular weight is 330 g/mol. The van der Waals surface area contributed by atoms with Crippen LogP contribution in [0.4, 0.5) is 5.69 Å². The molecule has 0 saturated heterocycles. The van der Waals surface area contributed by atoms with Crippen LogP contribution in [-0.4, -0.2) is 18.2 Å². The molecular formula is C18H20ClN3O. The van der Waals surface area contributed by atoms with E-state index in [0.29, 0.717) is 11.4 Å². The fraction of sp³-hybridized carbons (Fsp3) is 0.222. The van der Waals surface area contributed by atoms with Crippen LogP contribution in [0.1, 0.15) is 24.5 Å². The van der Waals surface area contributed by atoms with Crippen molar-refractivity contribution >= 4 is 29.4 Å². The molecule has 0 aromatic heterocycles. The normalized spacial score (nSPS) is 12.1. The predicted molar refractivity (Wildman–Crippen MR) is 96.1 cm³/mol. The second-order valence-electron chi connectivity index (χ2n) is 5.20. The summed E-state index contributed by atoms with van der Waals surface area (Å²) in [7, 11) is 0. The van der Waals surface area contributed by atoms with Gasteiger partial charge in [-0.15, -0.1) is 0 Å². The number of nitrogens with one attached hydrogen (secondary N) is 2. The number of halogens is 1. The number of anilines is 1. The Bertz CT molecular complexity index is 683. The second-order valence-corrected chi connectivity index (χ2v) is 5.64. The molecular weight excluding hydrogens is 310 g/mol. The van der Waals surface area contributed by atoms with Gasteiger partial charge in [0.15, 0.2) is 0 Å². The Hall–Kier alpha value is -2.33. The van der Waals surface area contributed by atoms with Crippen LogP contribution in [0.25, 0.3) is 0 Å². The van der Waals surface area contributed by atoms with E-state index in [1.54, 1.807) is 18.3 Å². The Balaban J connectivity index is 1.95. The molecule has 23 heavy (non-hydrogen) atoms. The van der Waals surface area contributed by atoms with E-state index in [-0.39, 0.29) is 11.9 Å². The van der Waals surface area contributed by atoms with Gasteiger partial charge in [0.2, 0.25) is 0 Å². The highest BCUT2D eigenvalue weighted by molar-refractivity contribution is 6.30. The van der Waals surface area contributed by atoms with Crippen LogP contribution < -0.4 is 10.7 Å². The van der Waals surface area contributed by atoms with Crippen molar-refractivity contribution in [3.05, 3.63) is 64.7 Å². The van der Waals surface area contributed by atoms with Gasteiger partial charge >= 0.3 is 0 Å². The number of nitrogens with zero attached hydrogens (tertiary/aromatic N) is 1. The van der Waals surface area contributed by atoms with Crippen molar-refractivity contribution < 1.29 is 4.79 Å². The zero-order valence-electron chi connectivity index (χ0n) is 13.2. The van der Waals surface area contributed by atoms with Gasteiger partial charge in [-0.2, -0.15) is 5.10 Å².